The molecule has 0 fully saturated rings. The maximum atomic E-state index is 5.46. The van der Waals surface area contributed by atoms with E-state index in [9.17, 15) is 0 Å². The second-order valence-corrected chi connectivity index (χ2v) is 3.63. The summed E-state index contributed by atoms with van der Waals surface area (Å²) in [5.41, 5.74) is 1.16. The van der Waals surface area contributed by atoms with E-state index in [2.05, 4.69) is 17.2 Å². The van der Waals surface area contributed by atoms with Crippen LogP contribution in [0.5, 0.6) is 5.88 Å². The van der Waals surface area contributed by atoms with Crippen LogP contribution in [0.3, 0.4) is 0 Å². The van der Waals surface area contributed by atoms with Gasteiger partial charge in [-0.05, 0) is 19.5 Å². The summed E-state index contributed by atoms with van der Waals surface area (Å²) in [7, 11) is 3.62. The third-order valence-electron chi connectivity index (χ3n) is 2.43. The molecule has 1 N–H and O–H groups in total. The van der Waals surface area contributed by atoms with E-state index in [4.69, 9.17) is 9.47 Å². The van der Waals surface area contributed by atoms with Gasteiger partial charge in [-0.1, -0.05) is 6.07 Å². The first-order valence-corrected chi connectivity index (χ1v) is 5.53. The number of pyridine rings is 1. The molecule has 0 radical (unpaired) electrons. The van der Waals surface area contributed by atoms with Crippen molar-refractivity contribution in [3.8, 4) is 5.88 Å². The smallest absolute Gasteiger partial charge is 0.213 e. The van der Waals surface area contributed by atoms with Gasteiger partial charge >= 0.3 is 0 Å². The molecule has 1 aromatic heterocycles. The lowest BCUT2D eigenvalue weighted by molar-refractivity contribution is 0.170. The standard InChI is InChI=1S/C12H20N2O2/c1-10(13-2)11-5-6-12(14-9-11)16-8-4-7-15-3/h5-6,9-10,13H,4,7-8H2,1-3H3. The zero-order chi connectivity index (χ0) is 11.8. The highest BCUT2D eigenvalue weighted by Gasteiger charge is 2.02. The van der Waals surface area contributed by atoms with Gasteiger partial charge in [0.2, 0.25) is 5.88 Å². The van der Waals surface area contributed by atoms with Gasteiger partial charge in [0.1, 0.15) is 0 Å². The minimum absolute atomic E-state index is 0.315. The average molecular weight is 224 g/mol. The molecular weight excluding hydrogens is 204 g/mol. The quantitative estimate of drug-likeness (QED) is 0.717. The van der Waals surface area contributed by atoms with Crippen molar-refractivity contribution in [2.24, 2.45) is 0 Å². The summed E-state index contributed by atoms with van der Waals surface area (Å²) in [6, 6.07) is 4.24. The van der Waals surface area contributed by atoms with Crippen LogP contribution in [0.25, 0.3) is 0 Å². The van der Waals surface area contributed by atoms with Crippen LogP contribution in [0.1, 0.15) is 24.9 Å². The zero-order valence-corrected chi connectivity index (χ0v) is 10.2. The molecule has 0 amide bonds. The van der Waals surface area contributed by atoms with Crippen molar-refractivity contribution in [1.82, 2.24) is 10.3 Å². The predicted octanol–water partition coefficient (Wildman–Crippen LogP) is 1.78. The fraction of sp³-hybridized carbons (Fsp3) is 0.583. The molecule has 1 aromatic rings. The Morgan fingerprint density at radius 2 is 2.19 bits per heavy atom. The largest absolute Gasteiger partial charge is 0.478 e. The molecule has 1 atom stereocenters. The molecule has 0 aromatic carbocycles. The van der Waals surface area contributed by atoms with E-state index in [0.29, 0.717) is 18.5 Å². The number of aromatic nitrogens is 1. The molecule has 0 spiro atoms. The van der Waals surface area contributed by atoms with Gasteiger partial charge in [-0.15, -0.1) is 0 Å². The number of hydrogen-bond donors (Lipinski definition) is 1. The number of hydrogen-bond acceptors (Lipinski definition) is 4. The molecule has 0 aliphatic heterocycles. The Balaban J connectivity index is 2.39. The topological polar surface area (TPSA) is 43.4 Å². The fourth-order valence-electron chi connectivity index (χ4n) is 1.28. The van der Waals surface area contributed by atoms with Crippen LogP contribution in [0.15, 0.2) is 18.3 Å². The third kappa shape index (κ3) is 4.16. The molecule has 0 aliphatic carbocycles. The maximum Gasteiger partial charge on any atom is 0.213 e. The summed E-state index contributed by atoms with van der Waals surface area (Å²) in [4.78, 5) is 4.24. The van der Waals surface area contributed by atoms with Crippen molar-refractivity contribution in [3.63, 3.8) is 0 Å². The van der Waals surface area contributed by atoms with Gasteiger partial charge in [0.25, 0.3) is 0 Å². The number of rotatable bonds is 7. The van der Waals surface area contributed by atoms with E-state index >= 15 is 0 Å². The van der Waals surface area contributed by atoms with E-state index in [-0.39, 0.29) is 0 Å². The monoisotopic (exact) mass is 224 g/mol. The van der Waals surface area contributed by atoms with E-state index in [0.717, 1.165) is 18.6 Å². The average Bonchev–Trinajstić information content (AvgIpc) is 2.34. The fourth-order valence-corrected chi connectivity index (χ4v) is 1.28. The Kier molecular flexibility index (Phi) is 5.82. The first-order valence-electron chi connectivity index (χ1n) is 5.53. The summed E-state index contributed by atoms with van der Waals surface area (Å²) in [6.45, 7) is 3.45. The zero-order valence-electron chi connectivity index (χ0n) is 10.2. The van der Waals surface area contributed by atoms with Crippen molar-refractivity contribution in [1.29, 1.82) is 0 Å². The first kappa shape index (κ1) is 12.9. The Bertz CT molecular complexity index is 288. The third-order valence-corrected chi connectivity index (χ3v) is 2.43. The lowest BCUT2D eigenvalue weighted by Gasteiger charge is -2.10. The van der Waals surface area contributed by atoms with Gasteiger partial charge in [0.05, 0.1) is 6.61 Å². The molecule has 4 nitrogen and oxygen atoms in total. The number of methoxy groups -OCH3 is 1. The van der Waals surface area contributed by atoms with E-state index in [1.54, 1.807) is 7.11 Å². The summed E-state index contributed by atoms with van der Waals surface area (Å²) in [5, 5.41) is 3.16. The number of nitrogens with one attached hydrogen (secondary N) is 1. The van der Waals surface area contributed by atoms with Crippen LogP contribution in [0.2, 0.25) is 0 Å². The maximum absolute atomic E-state index is 5.46. The van der Waals surface area contributed by atoms with E-state index < -0.39 is 0 Å². The molecule has 1 rings (SSSR count). The predicted molar refractivity (Wildman–Crippen MR) is 63.7 cm³/mol. The highest BCUT2D eigenvalue weighted by atomic mass is 16.5. The molecule has 0 bridgehead atoms. The second kappa shape index (κ2) is 7.19. The molecule has 0 aliphatic rings. The van der Waals surface area contributed by atoms with Crippen LogP contribution in [0.4, 0.5) is 0 Å². The van der Waals surface area contributed by atoms with Crippen LogP contribution in [-0.4, -0.2) is 32.4 Å². The number of ether oxygens (including phenoxy) is 2. The summed E-state index contributed by atoms with van der Waals surface area (Å²) in [5.74, 6) is 0.670. The van der Waals surface area contributed by atoms with Crippen molar-refractivity contribution < 1.29 is 9.47 Å². The Hall–Kier alpha value is -1.13. The molecule has 0 saturated carbocycles. The van der Waals surface area contributed by atoms with Gasteiger partial charge in [-0.2, -0.15) is 0 Å². The normalized spacial score (nSPS) is 12.4. The van der Waals surface area contributed by atoms with Gasteiger partial charge in [0, 0.05) is 38.4 Å². The van der Waals surface area contributed by atoms with E-state index in [1.807, 2.05) is 25.4 Å². The van der Waals surface area contributed by atoms with Crippen molar-refractivity contribution in [3.05, 3.63) is 23.9 Å². The van der Waals surface area contributed by atoms with Crippen molar-refractivity contribution in [2.45, 2.75) is 19.4 Å². The Morgan fingerprint density at radius 3 is 2.75 bits per heavy atom. The van der Waals surface area contributed by atoms with Crippen LogP contribution in [-0.2, 0) is 4.74 Å². The van der Waals surface area contributed by atoms with E-state index in [1.165, 1.54) is 0 Å². The molecule has 90 valence electrons. The molecule has 16 heavy (non-hydrogen) atoms. The second-order valence-electron chi connectivity index (χ2n) is 3.63. The van der Waals surface area contributed by atoms with Gasteiger partial charge in [-0.3, -0.25) is 0 Å². The Labute approximate surface area is 97.0 Å². The van der Waals surface area contributed by atoms with Crippen LogP contribution >= 0.6 is 0 Å². The summed E-state index contributed by atoms with van der Waals surface area (Å²) < 4.78 is 10.4. The lowest BCUT2D eigenvalue weighted by Crippen LogP contribution is -2.12. The van der Waals surface area contributed by atoms with Crippen LogP contribution < -0.4 is 10.1 Å². The molecular formula is C12H20N2O2. The molecule has 0 saturated heterocycles. The molecule has 4 heteroatoms. The van der Waals surface area contributed by atoms with Gasteiger partial charge < -0.3 is 14.8 Å². The summed E-state index contributed by atoms with van der Waals surface area (Å²) in [6.07, 6.45) is 2.72. The van der Waals surface area contributed by atoms with Gasteiger partial charge in [0.15, 0.2) is 0 Å². The SMILES string of the molecule is CNC(C)c1ccc(OCCCOC)nc1. The molecule has 1 unspecified atom stereocenters. The van der Waals surface area contributed by atoms with Crippen molar-refractivity contribution >= 4 is 0 Å². The lowest BCUT2D eigenvalue weighted by atomic mass is 10.1. The molecule has 1 heterocycles. The van der Waals surface area contributed by atoms with Crippen LogP contribution in [0, 0.1) is 0 Å². The van der Waals surface area contributed by atoms with Crippen molar-refractivity contribution in [2.75, 3.05) is 27.4 Å². The Morgan fingerprint density at radius 1 is 1.38 bits per heavy atom. The summed E-state index contributed by atoms with van der Waals surface area (Å²) >= 11 is 0. The first-order chi connectivity index (χ1) is 7.77. The number of nitrogens with zero attached hydrogens (tertiary/aromatic N) is 1. The highest BCUT2D eigenvalue weighted by molar-refractivity contribution is 5.20. The minimum Gasteiger partial charge on any atom is -0.478 e. The minimum atomic E-state index is 0.315. The highest BCUT2D eigenvalue weighted by Crippen LogP contribution is 2.13. The van der Waals surface area contributed by atoms with Gasteiger partial charge in [-0.25, -0.2) is 4.98 Å².